The van der Waals surface area contributed by atoms with Crippen LogP contribution >= 0.6 is 0 Å². The number of aryl methyl sites for hydroxylation is 2. The molecule has 0 radical (unpaired) electrons. The summed E-state index contributed by atoms with van der Waals surface area (Å²) in [7, 11) is 2.11. The fourth-order valence-corrected chi connectivity index (χ4v) is 4.45. The summed E-state index contributed by atoms with van der Waals surface area (Å²) in [5, 5.41) is 1.37. The van der Waals surface area contributed by atoms with Gasteiger partial charge in [0.2, 0.25) is 0 Å². The Bertz CT molecular complexity index is 1210. The van der Waals surface area contributed by atoms with E-state index < -0.39 is 0 Å². The van der Waals surface area contributed by atoms with Crippen LogP contribution in [0.3, 0.4) is 0 Å². The van der Waals surface area contributed by atoms with Crippen LogP contribution in [-0.4, -0.2) is 11.6 Å². The van der Waals surface area contributed by atoms with Gasteiger partial charge < -0.3 is 9.47 Å². The first-order valence-electron chi connectivity index (χ1n) is 12.5. The number of para-hydroxylation sites is 1. The van der Waals surface area contributed by atoms with Crippen molar-refractivity contribution < 1.29 is 0 Å². The Labute approximate surface area is 206 Å². The van der Waals surface area contributed by atoms with Gasteiger partial charge in [-0.15, -0.1) is 6.58 Å². The molecule has 0 fully saturated rings. The van der Waals surface area contributed by atoms with Crippen molar-refractivity contribution in [3.63, 3.8) is 0 Å². The minimum atomic E-state index is 1.14. The third-order valence-electron chi connectivity index (χ3n) is 6.44. The first-order chi connectivity index (χ1) is 16.4. The molecule has 0 spiro atoms. The molecule has 0 aliphatic rings. The van der Waals surface area contributed by atoms with Gasteiger partial charge in [0.1, 0.15) is 0 Å². The Balaban J connectivity index is 0.000000481. The van der Waals surface area contributed by atoms with Crippen LogP contribution in [0.1, 0.15) is 56.9 Å². The van der Waals surface area contributed by atoms with Gasteiger partial charge in [0.15, 0.2) is 0 Å². The molecule has 3 aromatic carbocycles. The summed E-state index contributed by atoms with van der Waals surface area (Å²) in [6.07, 6.45) is 4.73. The summed E-state index contributed by atoms with van der Waals surface area (Å²) in [5.74, 6) is 0. The van der Waals surface area contributed by atoms with Crippen molar-refractivity contribution in [2.45, 2.75) is 60.3 Å². The van der Waals surface area contributed by atoms with Crippen LogP contribution < -0.4 is 4.90 Å². The second-order valence-electron chi connectivity index (χ2n) is 9.27. The quantitative estimate of drug-likeness (QED) is 0.254. The highest BCUT2D eigenvalue weighted by atomic mass is 15.1. The summed E-state index contributed by atoms with van der Waals surface area (Å²) in [4.78, 5) is 2.21. The van der Waals surface area contributed by atoms with Crippen LogP contribution in [0.25, 0.3) is 16.6 Å². The van der Waals surface area contributed by atoms with Gasteiger partial charge in [-0.1, -0.05) is 56.5 Å². The summed E-state index contributed by atoms with van der Waals surface area (Å²) in [5.41, 5.74) is 10.3. The highest BCUT2D eigenvalue weighted by molar-refractivity contribution is 5.87. The molecule has 34 heavy (non-hydrogen) atoms. The fourth-order valence-electron chi connectivity index (χ4n) is 4.45. The van der Waals surface area contributed by atoms with E-state index in [1.54, 1.807) is 0 Å². The molecule has 0 aliphatic carbocycles. The van der Waals surface area contributed by atoms with Crippen LogP contribution in [0.2, 0.25) is 0 Å². The number of rotatable bonds is 7. The number of allylic oxidation sites excluding steroid dienone is 1. The zero-order chi connectivity index (χ0) is 24.7. The van der Waals surface area contributed by atoms with Crippen LogP contribution in [0.15, 0.2) is 84.9 Å². The van der Waals surface area contributed by atoms with Gasteiger partial charge in [0.25, 0.3) is 0 Å². The number of anilines is 2. The fraction of sp³-hybridized carbons (Fsp3) is 0.312. The lowest BCUT2D eigenvalue weighted by molar-refractivity contribution is 0.910. The van der Waals surface area contributed by atoms with Gasteiger partial charge in [-0.25, -0.2) is 0 Å². The lowest BCUT2D eigenvalue weighted by Gasteiger charge is -2.20. The Morgan fingerprint density at radius 3 is 2.06 bits per heavy atom. The second-order valence-corrected chi connectivity index (χ2v) is 9.27. The predicted molar refractivity (Wildman–Crippen MR) is 151 cm³/mol. The maximum absolute atomic E-state index is 3.74. The second kappa shape index (κ2) is 11.7. The van der Waals surface area contributed by atoms with Crippen molar-refractivity contribution in [3.05, 3.63) is 102 Å². The summed E-state index contributed by atoms with van der Waals surface area (Å²) >= 11 is 0. The lowest BCUT2D eigenvalue weighted by Crippen LogP contribution is -2.09. The molecule has 1 heterocycles. The Hall–Kier alpha value is -3.26. The maximum atomic E-state index is 3.74. The Morgan fingerprint density at radius 1 is 0.853 bits per heavy atom. The van der Waals surface area contributed by atoms with Crippen molar-refractivity contribution >= 4 is 22.3 Å². The van der Waals surface area contributed by atoms with E-state index in [4.69, 9.17) is 0 Å². The average Bonchev–Trinajstić information content (AvgIpc) is 3.09. The highest BCUT2D eigenvalue weighted by Crippen LogP contribution is 2.31. The molecule has 0 unspecified atom stereocenters. The highest BCUT2D eigenvalue weighted by Gasteiger charge is 2.13. The topological polar surface area (TPSA) is 8.17 Å². The first kappa shape index (κ1) is 25.4. The molecule has 0 N–H and O–H groups in total. The predicted octanol–water partition coefficient (Wildman–Crippen LogP) is 9.33. The Kier molecular flexibility index (Phi) is 8.76. The molecular weight excluding hydrogens is 412 g/mol. The minimum Gasteiger partial charge on any atom is -0.345 e. The molecule has 1 aromatic heterocycles. The lowest BCUT2D eigenvalue weighted by atomic mass is 10.1. The van der Waals surface area contributed by atoms with Crippen molar-refractivity contribution in [3.8, 4) is 5.69 Å². The SMILES string of the molecule is C=C(C)CCC.CCCc1ccc2c(c1)c(C)c(C)n2-c1ccc(N(C)c2ccccc2)cc1. The number of hydrogen-bond acceptors (Lipinski definition) is 1. The number of benzene rings is 3. The van der Waals surface area contributed by atoms with E-state index in [0.29, 0.717) is 0 Å². The summed E-state index contributed by atoms with van der Waals surface area (Å²) < 4.78 is 2.38. The van der Waals surface area contributed by atoms with E-state index in [1.165, 1.54) is 69.6 Å². The van der Waals surface area contributed by atoms with Gasteiger partial charge in [-0.05, 0) is 93.3 Å². The molecule has 2 heteroatoms. The monoisotopic (exact) mass is 452 g/mol. The van der Waals surface area contributed by atoms with Crippen LogP contribution in [0.4, 0.5) is 11.4 Å². The molecular formula is C32H40N2. The van der Waals surface area contributed by atoms with E-state index in [1.807, 2.05) is 0 Å². The Morgan fingerprint density at radius 2 is 1.50 bits per heavy atom. The number of aromatic nitrogens is 1. The number of fused-ring (bicyclic) bond motifs is 1. The molecule has 0 aliphatic heterocycles. The van der Waals surface area contributed by atoms with Gasteiger partial charge >= 0.3 is 0 Å². The van der Waals surface area contributed by atoms with E-state index in [9.17, 15) is 0 Å². The molecule has 178 valence electrons. The molecule has 0 amide bonds. The van der Waals surface area contributed by atoms with Crippen LogP contribution in [0, 0.1) is 13.8 Å². The zero-order valence-corrected chi connectivity index (χ0v) is 21.9. The standard InChI is InChI=1S/C26H28N2.C6H12/c1-5-9-21-12-17-26-25(18-21)19(2)20(3)28(26)24-15-13-23(14-16-24)27(4)22-10-7-6-8-11-22;1-4-5-6(2)3/h6-8,10-18H,5,9H2,1-4H3;2,4-5H2,1,3H3. The summed E-state index contributed by atoms with van der Waals surface area (Å²) in [6, 6.07) is 26.2. The van der Waals surface area contributed by atoms with Crippen LogP contribution in [0.5, 0.6) is 0 Å². The molecule has 0 saturated carbocycles. The first-order valence-corrected chi connectivity index (χ1v) is 12.5. The molecule has 0 saturated heterocycles. The third-order valence-corrected chi connectivity index (χ3v) is 6.44. The number of nitrogens with zero attached hydrogens (tertiary/aromatic N) is 2. The average molecular weight is 453 g/mol. The molecule has 4 aromatic rings. The van der Waals surface area contributed by atoms with Crippen molar-refractivity contribution in [2.75, 3.05) is 11.9 Å². The van der Waals surface area contributed by atoms with Crippen LogP contribution in [-0.2, 0) is 6.42 Å². The molecule has 0 atom stereocenters. The van der Waals surface area contributed by atoms with E-state index in [2.05, 4.69) is 131 Å². The van der Waals surface area contributed by atoms with Crippen molar-refractivity contribution in [1.29, 1.82) is 0 Å². The molecule has 2 nitrogen and oxygen atoms in total. The molecule has 4 rings (SSSR count). The van der Waals surface area contributed by atoms with Gasteiger partial charge in [-0.2, -0.15) is 0 Å². The van der Waals surface area contributed by atoms with Crippen molar-refractivity contribution in [1.82, 2.24) is 4.57 Å². The van der Waals surface area contributed by atoms with Crippen molar-refractivity contribution in [2.24, 2.45) is 0 Å². The van der Waals surface area contributed by atoms with E-state index in [0.717, 1.165) is 6.42 Å². The van der Waals surface area contributed by atoms with Gasteiger partial charge in [-0.3, -0.25) is 0 Å². The van der Waals surface area contributed by atoms with E-state index in [-0.39, 0.29) is 0 Å². The normalized spacial score (nSPS) is 10.6. The van der Waals surface area contributed by atoms with Gasteiger partial charge in [0, 0.05) is 35.2 Å². The smallest absolute Gasteiger partial charge is 0.0534 e. The zero-order valence-electron chi connectivity index (χ0n) is 21.9. The summed E-state index contributed by atoms with van der Waals surface area (Å²) in [6.45, 7) is 14.7. The third kappa shape index (κ3) is 5.80. The van der Waals surface area contributed by atoms with E-state index >= 15 is 0 Å². The largest absolute Gasteiger partial charge is 0.345 e. The molecule has 0 bridgehead atoms. The van der Waals surface area contributed by atoms with Gasteiger partial charge in [0.05, 0.1) is 5.52 Å². The minimum absolute atomic E-state index is 1.14. The maximum Gasteiger partial charge on any atom is 0.0534 e. The number of hydrogen-bond donors (Lipinski definition) is 0.